The van der Waals surface area contributed by atoms with Crippen LogP contribution in [0, 0.1) is 0 Å². The quantitative estimate of drug-likeness (QED) is 0.766. The lowest BCUT2D eigenvalue weighted by Gasteiger charge is -2.04. The Hall–Kier alpha value is -2.81. The van der Waals surface area contributed by atoms with Crippen LogP contribution in [0.2, 0.25) is 0 Å². The molecule has 0 saturated carbocycles. The van der Waals surface area contributed by atoms with Gasteiger partial charge in [0.25, 0.3) is 5.91 Å². The van der Waals surface area contributed by atoms with Crippen molar-refractivity contribution < 1.29 is 18.3 Å². The highest BCUT2D eigenvalue weighted by Crippen LogP contribution is 2.27. The van der Waals surface area contributed by atoms with Gasteiger partial charge in [-0.05, 0) is 30.3 Å². The summed E-state index contributed by atoms with van der Waals surface area (Å²) < 4.78 is 30.0. The summed E-state index contributed by atoms with van der Waals surface area (Å²) in [5.41, 5.74) is 1.78. The van der Waals surface area contributed by atoms with E-state index in [4.69, 9.17) is 0 Å². The van der Waals surface area contributed by atoms with E-state index in [0.717, 1.165) is 5.56 Å². The second-order valence-electron chi connectivity index (χ2n) is 4.73. The molecule has 24 heavy (non-hydrogen) atoms. The minimum atomic E-state index is -2.86. The molecule has 6 nitrogen and oxygen atoms in total. The fourth-order valence-corrected chi connectivity index (χ4v) is 2.74. The van der Waals surface area contributed by atoms with Crippen LogP contribution in [0.4, 0.5) is 13.9 Å². The lowest BCUT2D eigenvalue weighted by atomic mass is 10.2. The Kier molecular flexibility index (Phi) is 4.52. The molecule has 2 aromatic heterocycles. The van der Waals surface area contributed by atoms with Gasteiger partial charge in [0.15, 0.2) is 5.13 Å². The number of carbonyl (C=O) groups is 1. The van der Waals surface area contributed by atoms with Gasteiger partial charge in [-0.1, -0.05) is 0 Å². The maximum Gasteiger partial charge on any atom is 0.387 e. The fraction of sp³-hybridized carbons (Fsp3) is 0.133. The standard InChI is InChI=1S/C15H12F2N4O2S/c1-21-12(6-7-18-21)13(22)20-15-19-11(8-24-15)9-2-4-10(5-3-9)23-14(16)17/h2-8,14H,1H3,(H,19,20,22). The van der Waals surface area contributed by atoms with Crippen LogP contribution >= 0.6 is 11.3 Å². The van der Waals surface area contributed by atoms with Gasteiger partial charge in [-0.2, -0.15) is 13.9 Å². The summed E-state index contributed by atoms with van der Waals surface area (Å²) in [6.45, 7) is -2.86. The van der Waals surface area contributed by atoms with Crippen LogP contribution in [-0.2, 0) is 7.05 Å². The molecule has 0 atom stereocenters. The number of thiazole rings is 1. The fourth-order valence-electron chi connectivity index (χ4n) is 2.03. The predicted molar refractivity (Wildman–Crippen MR) is 85.3 cm³/mol. The van der Waals surface area contributed by atoms with E-state index in [9.17, 15) is 13.6 Å². The first-order valence-electron chi connectivity index (χ1n) is 6.83. The molecule has 1 aromatic carbocycles. The van der Waals surface area contributed by atoms with Crippen LogP contribution < -0.4 is 10.1 Å². The van der Waals surface area contributed by atoms with E-state index in [1.807, 2.05) is 0 Å². The summed E-state index contributed by atoms with van der Waals surface area (Å²) in [5, 5.41) is 8.83. The minimum absolute atomic E-state index is 0.0775. The van der Waals surface area contributed by atoms with E-state index in [1.165, 1.54) is 34.3 Å². The molecule has 0 aliphatic carbocycles. The van der Waals surface area contributed by atoms with Gasteiger partial charge >= 0.3 is 6.61 Å². The summed E-state index contributed by atoms with van der Waals surface area (Å²) in [6.07, 6.45) is 1.53. The Balaban J connectivity index is 1.71. The number of aromatic nitrogens is 3. The van der Waals surface area contributed by atoms with Crippen LogP contribution in [0.15, 0.2) is 41.9 Å². The molecule has 1 N–H and O–H groups in total. The number of ether oxygens (including phenoxy) is 1. The third kappa shape index (κ3) is 3.57. The second-order valence-corrected chi connectivity index (χ2v) is 5.59. The number of nitrogens with zero attached hydrogens (tertiary/aromatic N) is 3. The van der Waals surface area contributed by atoms with E-state index in [-0.39, 0.29) is 11.7 Å². The molecule has 124 valence electrons. The van der Waals surface area contributed by atoms with Crippen LogP contribution in [0.25, 0.3) is 11.3 Å². The van der Waals surface area contributed by atoms with Crippen molar-refractivity contribution in [2.45, 2.75) is 6.61 Å². The molecule has 2 heterocycles. The Bertz CT molecular complexity index is 845. The van der Waals surface area contributed by atoms with Gasteiger partial charge in [0, 0.05) is 24.2 Å². The van der Waals surface area contributed by atoms with Gasteiger partial charge < -0.3 is 4.74 Å². The average Bonchev–Trinajstić information content (AvgIpc) is 3.16. The Labute approximate surface area is 139 Å². The molecule has 0 aliphatic heterocycles. The van der Waals surface area contributed by atoms with E-state index in [0.29, 0.717) is 16.5 Å². The molecule has 0 saturated heterocycles. The number of amides is 1. The second kappa shape index (κ2) is 6.75. The molecule has 0 unspecified atom stereocenters. The number of rotatable bonds is 5. The van der Waals surface area contributed by atoms with Gasteiger partial charge in [0.2, 0.25) is 0 Å². The highest BCUT2D eigenvalue weighted by molar-refractivity contribution is 7.14. The molecule has 3 rings (SSSR count). The number of hydrogen-bond donors (Lipinski definition) is 1. The monoisotopic (exact) mass is 350 g/mol. The van der Waals surface area contributed by atoms with Crippen molar-refractivity contribution in [3.8, 4) is 17.0 Å². The number of hydrogen-bond acceptors (Lipinski definition) is 5. The summed E-state index contributed by atoms with van der Waals surface area (Å²) in [6, 6.07) is 7.73. The van der Waals surface area contributed by atoms with Crippen LogP contribution in [-0.4, -0.2) is 27.3 Å². The molecule has 1 amide bonds. The van der Waals surface area contributed by atoms with Crippen molar-refractivity contribution >= 4 is 22.4 Å². The third-order valence-corrected chi connectivity index (χ3v) is 3.91. The first kappa shape index (κ1) is 16.1. The smallest absolute Gasteiger partial charge is 0.387 e. The average molecular weight is 350 g/mol. The summed E-state index contributed by atoms with van der Waals surface area (Å²) in [5.74, 6) is -0.231. The van der Waals surface area contributed by atoms with Gasteiger partial charge in [0.05, 0.1) is 5.69 Å². The van der Waals surface area contributed by atoms with Crippen molar-refractivity contribution in [3.63, 3.8) is 0 Å². The van der Waals surface area contributed by atoms with Crippen molar-refractivity contribution in [1.29, 1.82) is 0 Å². The molecule has 3 aromatic rings. The maximum atomic E-state index is 12.1. The molecule has 0 radical (unpaired) electrons. The summed E-state index contributed by atoms with van der Waals surface area (Å²) in [4.78, 5) is 16.4. The number of halogens is 2. The first-order chi connectivity index (χ1) is 11.5. The number of nitrogens with one attached hydrogen (secondary N) is 1. The van der Waals surface area contributed by atoms with Gasteiger partial charge in [0.1, 0.15) is 11.4 Å². The number of alkyl halides is 2. The molecule has 0 spiro atoms. The number of anilines is 1. The first-order valence-corrected chi connectivity index (χ1v) is 7.71. The predicted octanol–water partition coefficient (Wildman–Crippen LogP) is 3.40. The van der Waals surface area contributed by atoms with Crippen molar-refractivity contribution in [2.24, 2.45) is 7.05 Å². The summed E-state index contributed by atoms with van der Waals surface area (Å²) >= 11 is 1.27. The van der Waals surface area contributed by atoms with Gasteiger partial charge in [-0.15, -0.1) is 11.3 Å². The van der Waals surface area contributed by atoms with Crippen molar-refractivity contribution in [2.75, 3.05) is 5.32 Å². The zero-order valence-electron chi connectivity index (χ0n) is 12.4. The zero-order chi connectivity index (χ0) is 17.1. The third-order valence-electron chi connectivity index (χ3n) is 3.15. The largest absolute Gasteiger partial charge is 0.435 e. The van der Waals surface area contributed by atoms with Crippen molar-refractivity contribution in [1.82, 2.24) is 14.8 Å². The minimum Gasteiger partial charge on any atom is -0.435 e. The normalized spacial score (nSPS) is 10.8. The van der Waals surface area contributed by atoms with Gasteiger partial charge in [-0.25, -0.2) is 4.98 Å². The highest BCUT2D eigenvalue weighted by Gasteiger charge is 2.13. The van der Waals surface area contributed by atoms with Crippen LogP contribution in [0.5, 0.6) is 5.75 Å². The van der Waals surface area contributed by atoms with E-state index in [2.05, 4.69) is 20.1 Å². The van der Waals surface area contributed by atoms with Crippen molar-refractivity contribution in [3.05, 3.63) is 47.6 Å². The van der Waals surface area contributed by atoms with E-state index in [1.54, 1.807) is 30.6 Å². The molecular formula is C15H12F2N4O2S. The Morgan fingerprint density at radius 1 is 1.29 bits per heavy atom. The number of benzene rings is 1. The Morgan fingerprint density at radius 3 is 2.67 bits per heavy atom. The topological polar surface area (TPSA) is 69.0 Å². The molecule has 0 bridgehead atoms. The highest BCUT2D eigenvalue weighted by atomic mass is 32.1. The number of carbonyl (C=O) groups excluding carboxylic acids is 1. The van der Waals surface area contributed by atoms with E-state index >= 15 is 0 Å². The zero-order valence-corrected chi connectivity index (χ0v) is 13.3. The molecule has 0 fully saturated rings. The molecule has 9 heteroatoms. The lowest BCUT2D eigenvalue weighted by molar-refractivity contribution is -0.0498. The van der Waals surface area contributed by atoms with Crippen LogP contribution in [0.3, 0.4) is 0 Å². The molecule has 0 aliphatic rings. The Morgan fingerprint density at radius 2 is 2.04 bits per heavy atom. The number of aryl methyl sites for hydroxylation is 1. The lowest BCUT2D eigenvalue weighted by Crippen LogP contribution is -2.15. The molecular weight excluding hydrogens is 338 g/mol. The maximum absolute atomic E-state index is 12.1. The van der Waals surface area contributed by atoms with E-state index < -0.39 is 6.61 Å². The van der Waals surface area contributed by atoms with Crippen LogP contribution in [0.1, 0.15) is 10.5 Å². The SMILES string of the molecule is Cn1nccc1C(=O)Nc1nc(-c2ccc(OC(F)F)cc2)cs1. The van der Waals surface area contributed by atoms with Gasteiger partial charge in [-0.3, -0.25) is 14.8 Å². The summed E-state index contributed by atoms with van der Waals surface area (Å²) in [7, 11) is 1.67.